The zero-order chi connectivity index (χ0) is 23.3. The van der Waals surface area contributed by atoms with Crippen molar-refractivity contribution in [3.05, 3.63) is 71.5 Å². The molecule has 32 heavy (non-hydrogen) atoms. The number of hydrogen-bond donors (Lipinski definition) is 3. The molecule has 0 radical (unpaired) electrons. The zero-order valence-corrected chi connectivity index (χ0v) is 18.4. The van der Waals surface area contributed by atoms with Crippen LogP contribution in [-0.2, 0) is 10.0 Å². The van der Waals surface area contributed by atoms with E-state index in [1.54, 1.807) is 32.0 Å². The minimum Gasteiger partial charge on any atom is -0.497 e. The van der Waals surface area contributed by atoms with Gasteiger partial charge in [-0.3, -0.25) is 10.1 Å². The molecule has 0 unspecified atom stereocenters. The Bertz CT molecular complexity index is 1220. The number of rotatable bonds is 6. The van der Waals surface area contributed by atoms with E-state index in [2.05, 4.69) is 25.3 Å². The molecule has 0 spiro atoms. The molecule has 2 aromatic carbocycles. The van der Waals surface area contributed by atoms with Crippen LogP contribution in [-0.4, -0.2) is 37.4 Å². The van der Waals surface area contributed by atoms with E-state index >= 15 is 0 Å². The molecule has 3 aromatic rings. The predicted molar refractivity (Wildman–Crippen MR) is 118 cm³/mol. The van der Waals surface area contributed by atoms with Crippen molar-refractivity contribution in [3.8, 4) is 5.75 Å². The van der Waals surface area contributed by atoms with Crippen molar-refractivity contribution in [2.45, 2.75) is 18.7 Å². The third-order valence-electron chi connectivity index (χ3n) is 4.21. The van der Waals surface area contributed by atoms with Crippen LogP contribution in [0.4, 0.5) is 16.4 Å². The Labute approximate surface area is 185 Å². The number of amides is 3. The summed E-state index contributed by atoms with van der Waals surface area (Å²) in [6, 6.07) is 12.6. The first kappa shape index (κ1) is 22.7. The van der Waals surface area contributed by atoms with Gasteiger partial charge in [0.2, 0.25) is 5.95 Å². The van der Waals surface area contributed by atoms with Gasteiger partial charge in [0, 0.05) is 22.6 Å². The van der Waals surface area contributed by atoms with Gasteiger partial charge >= 0.3 is 6.03 Å². The standard InChI is InChI=1S/C21H21N5O5S/c1-13-12-14(2)23-20(22-13)26-32(29,30)18-10-6-16(7-11-18)24-21(28)25-19(27)15-4-8-17(31-3)9-5-15/h4-12H,1-3H3,(H,22,23,26)(H2,24,25,27,28). The van der Waals surface area contributed by atoms with Crippen molar-refractivity contribution in [1.29, 1.82) is 0 Å². The molecule has 0 aliphatic heterocycles. The van der Waals surface area contributed by atoms with E-state index in [9.17, 15) is 18.0 Å². The van der Waals surface area contributed by atoms with Gasteiger partial charge in [0.15, 0.2) is 0 Å². The molecule has 10 nitrogen and oxygen atoms in total. The highest BCUT2D eigenvalue weighted by molar-refractivity contribution is 7.92. The van der Waals surface area contributed by atoms with Crippen LogP contribution in [0.3, 0.4) is 0 Å². The normalized spacial score (nSPS) is 10.8. The third-order valence-corrected chi connectivity index (χ3v) is 5.55. The minimum absolute atomic E-state index is 0.0267. The second kappa shape index (κ2) is 9.43. The molecule has 1 aromatic heterocycles. The summed E-state index contributed by atoms with van der Waals surface area (Å²) in [6.07, 6.45) is 0. The molecule has 0 saturated carbocycles. The highest BCUT2D eigenvalue weighted by Gasteiger charge is 2.17. The van der Waals surface area contributed by atoms with Crippen LogP contribution in [0.1, 0.15) is 21.7 Å². The smallest absolute Gasteiger partial charge is 0.326 e. The largest absolute Gasteiger partial charge is 0.497 e. The summed E-state index contributed by atoms with van der Waals surface area (Å²) in [5.74, 6) is -0.0391. The maximum atomic E-state index is 12.6. The lowest BCUT2D eigenvalue weighted by molar-refractivity contribution is 0.0967. The summed E-state index contributed by atoms with van der Waals surface area (Å²) >= 11 is 0. The van der Waals surface area contributed by atoms with Gasteiger partial charge in [-0.2, -0.15) is 0 Å². The monoisotopic (exact) mass is 455 g/mol. The van der Waals surface area contributed by atoms with Crippen molar-refractivity contribution in [3.63, 3.8) is 0 Å². The second-order valence-electron chi connectivity index (χ2n) is 6.74. The van der Waals surface area contributed by atoms with Gasteiger partial charge in [-0.1, -0.05) is 0 Å². The first-order valence-electron chi connectivity index (χ1n) is 9.38. The van der Waals surface area contributed by atoms with Crippen molar-refractivity contribution >= 4 is 33.6 Å². The molecule has 0 atom stereocenters. The van der Waals surface area contributed by atoms with Crippen LogP contribution in [0.25, 0.3) is 0 Å². The average molecular weight is 455 g/mol. The van der Waals surface area contributed by atoms with Crippen molar-refractivity contribution in [1.82, 2.24) is 15.3 Å². The minimum atomic E-state index is -3.92. The molecular weight excluding hydrogens is 434 g/mol. The van der Waals surface area contributed by atoms with Crippen LogP contribution < -0.4 is 20.1 Å². The van der Waals surface area contributed by atoms with Crippen molar-refractivity contribution < 1.29 is 22.7 Å². The highest BCUT2D eigenvalue weighted by atomic mass is 32.2. The maximum Gasteiger partial charge on any atom is 0.326 e. The molecular formula is C21H21N5O5S. The fourth-order valence-electron chi connectivity index (χ4n) is 2.75. The van der Waals surface area contributed by atoms with Gasteiger partial charge in [-0.05, 0) is 68.4 Å². The number of hydrogen-bond acceptors (Lipinski definition) is 7. The number of carbonyl (C=O) groups is 2. The average Bonchev–Trinajstić information content (AvgIpc) is 2.73. The van der Waals surface area contributed by atoms with Crippen LogP contribution in [0, 0.1) is 13.8 Å². The SMILES string of the molecule is COc1ccc(C(=O)NC(=O)Nc2ccc(S(=O)(=O)Nc3nc(C)cc(C)n3)cc2)cc1. The lowest BCUT2D eigenvalue weighted by Gasteiger charge is -2.10. The molecule has 3 amide bonds. The predicted octanol–water partition coefficient (Wildman–Crippen LogP) is 2.86. The number of urea groups is 1. The molecule has 1 heterocycles. The maximum absolute atomic E-state index is 12.6. The Morgan fingerprint density at radius 2 is 1.50 bits per heavy atom. The van der Waals surface area contributed by atoms with Crippen LogP contribution in [0.15, 0.2) is 59.5 Å². The molecule has 0 aliphatic rings. The van der Waals surface area contributed by atoms with Crippen molar-refractivity contribution in [2.24, 2.45) is 0 Å². The summed E-state index contributed by atoms with van der Waals surface area (Å²) in [5, 5.41) is 4.67. The molecule has 0 fully saturated rings. The Hall–Kier alpha value is -3.99. The van der Waals surface area contributed by atoms with Crippen molar-refractivity contribution in [2.75, 3.05) is 17.1 Å². The number of nitrogens with zero attached hydrogens (tertiary/aromatic N) is 2. The first-order chi connectivity index (χ1) is 15.2. The van der Waals surface area contributed by atoms with E-state index in [1.807, 2.05) is 0 Å². The van der Waals surface area contributed by atoms with E-state index in [1.165, 1.54) is 43.5 Å². The Kier molecular flexibility index (Phi) is 6.69. The van der Waals surface area contributed by atoms with Gasteiger partial charge in [-0.15, -0.1) is 0 Å². The molecule has 3 N–H and O–H groups in total. The Morgan fingerprint density at radius 1 is 0.906 bits per heavy atom. The van der Waals surface area contributed by atoms with Crippen LogP contribution in [0.5, 0.6) is 5.75 Å². The van der Waals surface area contributed by atoms with Crippen LogP contribution >= 0.6 is 0 Å². The van der Waals surface area contributed by atoms with Crippen LogP contribution in [0.2, 0.25) is 0 Å². The summed E-state index contributed by atoms with van der Waals surface area (Å²) in [5.41, 5.74) is 1.84. The number of carbonyl (C=O) groups excluding carboxylic acids is 2. The zero-order valence-electron chi connectivity index (χ0n) is 17.5. The van der Waals surface area contributed by atoms with Gasteiger partial charge in [0.25, 0.3) is 15.9 Å². The fourth-order valence-corrected chi connectivity index (χ4v) is 3.69. The summed E-state index contributed by atoms with van der Waals surface area (Å²) in [7, 11) is -2.41. The number of imide groups is 1. The van der Waals surface area contributed by atoms with Gasteiger partial charge < -0.3 is 10.1 Å². The number of aromatic nitrogens is 2. The van der Waals surface area contributed by atoms with E-state index < -0.39 is 22.0 Å². The highest BCUT2D eigenvalue weighted by Crippen LogP contribution is 2.17. The molecule has 166 valence electrons. The Morgan fingerprint density at radius 3 is 2.06 bits per heavy atom. The molecule has 11 heteroatoms. The lowest BCUT2D eigenvalue weighted by atomic mass is 10.2. The van der Waals surface area contributed by atoms with E-state index in [0.717, 1.165) is 0 Å². The first-order valence-corrected chi connectivity index (χ1v) is 10.9. The number of ether oxygens (including phenoxy) is 1. The van der Waals surface area contributed by atoms with E-state index in [0.29, 0.717) is 22.8 Å². The number of nitrogens with one attached hydrogen (secondary N) is 3. The van der Waals surface area contributed by atoms with E-state index in [4.69, 9.17) is 4.74 Å². The number of sulfonamides is 1. The number of benzene rings is 2. The lowest BCUT2D eigenvalue weighted by Crippen LogP contribution is -2.34. The second-order valence-corrected chi connectivity index (χ2v) is 8.42. The fraction of sp³-hybridized carbons (Fsp3) is 0.143. The Balaban J connectivity index is 1.63. The summed E-state index contributed by atoms with van der Waals surface area (Å²) < 4.78 is 32.5. The van der Waals surface area contributed by atoms with Gasteiger partial charge in [-0.25, -0.2) is 27.9 Å². The quantitative estimate of drug-likeness (QED) is 0.519. The number of aryl methyl sites for hydroxylation is 2. The van der Waals surface area contributed by atoms with E-state index in [-0.39, 0.29) is 16.4 Å². The summed E-state index contributed by atoms with van der Waals surface area (Å²) in [4.78, 5) is 32.3. The molecule has 0 saturated heterocycles. The topological polar surface area (TPSA) is 139 Å². The van der Waals surface area contributed by atoms with Gasteiger partial charge in [0.05, 0.1) is 12.0 Å². The summed E-state index contributed by atoms with van der Waals surface area (Å²) in [6.45, 7) is 3.47. The third kappa shape index (κ3) is 5.79. The number of anilines is 2. The van der Waals surface area contributed by atoms with Gasteiger partial charge in [0.1, 0.15) is 5.75 Å². The number of methoxy groups -OCH3 is 1. The molecule has 0 aliphatic carbocycles. The molecule has 3 rings (SSSR count). The molecule has 0 bridgehead atoms.